The van der Waals surface area contributed by atoms with Gasteiger partial charge in [-0.25, -0.2) is 12.8 Å². The lowest BCUT2D eigenvalue weighted by atomic mass is 9.89. The molecule has 1 heterocycles. The molecule has 3 rings (SSSR count). The van der Waals surface area contributed by atoms with E-state index < -0.39 is 33.9 Å². The molecule has 0 bridgehead atoms. The van der Waals surface area contributed by atoms with Crippen molar-refractivity contribution in [2.24, 2.45) is 0 Å². The number of nitrogens with zero attached hydrogens (tertiary/aromatic N) is 1. The van der Waals surface area contributed by atoms with Gasteiger partial charge >= 0.3 is 0 Å². The van der Waals surface area contributed by atoms with Gasteiger partial charge < -0.3 is 10.1 Å². The molecule has 2 aromatic rings. The highest BCUT2D eigenvalue weighted by Gasteiger charge is 2.34. The Morgan fingerprint density at radius 1 is 1.25 bits per heavy atom. The molecule has 0 radical (unpaired) electrons. The van der Waals surface area contributed by atoms with Crippen LogP contribution in [0.3, 0.4) is 0 Å². The first kappa shape index (κ1) is 20.1. The lowest BCUT2D eigenvalue weighted by molar-refractivity contribution is -0.120. The van der Waals surface area contributed by atoms with E-state index in [0.29, 0.717) is 12.2 Å². The summed E-state index contributed by atoms with van der Waals surface area (Å²) in [5, 5.41) is 2.90. The van der Waals surface area contributed by atoms with Crippen LogP contribution >= 0.6 is 0 Å². The molecule has 0 saturated heterocycles. The van der Waals surface area contributed by atoms with Crippen molar-refractivity contribution in [1.29, 1.82) is 0 Å². The van der Waals surface area contributed by atoms with Gasteiger partial charge in [0.1, 0.15) is 23.7 Å². The average Bonchev–Trinajstić information content (AvgIpc) is 2.57. The fourth-order valence-corrected chi connectivity index (χ4v) is 4.18. The van der Waals surface area contributed by atoms with Crippen molar-refractivity contribution in [1.82, 2.24) is 5.32 Å². The van der Waals surface area contributed by atoms with E-state index >= 15 is 0 Å². The molecule has 150 valence electrons. The molecule has 2 aromatic carbocycles. The predicted molar refractivity (Wildman–Crippen MR) is 105 cm³/mol. The molecule has 8 heteroatoms. The highest BCUT2D eigenvalue weighted by atomic mass is 32.2. The summed E-state index contributed by atoms with van der Waals surface area (Å²) < 4.78 is 44.7. The van der Waals surface area contributed by atoms with E-state index in [4.69, 9.17) is 4.74 Å². The highest BCUT2D eigenvalue weighted by Crippen LogP contribution is 2.39. The third kappa shape index (κ3) is 4.62. The molecule has 0 aliphatic carbocycles. The van der Waals surface area contributed by atoms with Crippen LogP contribution in [-0.2, 0) is 14.8 Å². The van der Waals surface area contributed by atoms with Gasteiger partial charge in [0.15, 0.2) is 0 Å². The van der Waals surface area contributed by atoms with Crippen LogP contribution < -0.4 is 14.4 Å². The number of hydrogen-bond acceptors (Lipinski definition) is 4. The third-order valence-electron chi connectivity index (χ3n) is 4.50. The van der Waals surface area contributed by atoms with Crippen molar-refractivity contribution >= 4 is 21.6 Å². The molecule has 28 heavy (non-hydrogen) atoms. The normalized spacial score (nSPS) is 17.9. The topological polar surface area (TPSA) is 75.7 Å². The minimum Gasteiger partial charge on any atom is -0.487 e. The van der Waals surface area contributed by atoms with E-state index in [1.807, 2.05) is 38.1 Å². The number of sulfonamides is 1. The van der Waals surface area contributed by atoms with Gasteiger partial charge in [0.25, 0.3) is 0 Å². The molecule has 1 amide bonds. The standard InChI is InChI=1S/C20H23FN2O4S/c1-20(2)12-17(16-9-4-5-10-18(16)27-20)22-19(24)13-23(28(3,25)26)15-8-6-7-14(21)11-15/h4-11,17H,12-13H2,1-3H3,(H,22,24). The first-order valence-corrected chi connectivity index (χ1v) is 10.7. The minimum atomic E-state index is -3.77. The van der Waals surface area contributed by atoms with Crippen molar-refractivity contribution in [2.75, 3.05) is 17.1 Å². The largest absolute Gasteiger partial charge is 0.487 e. The first-order valence-electron chi connectivity index (χ1n) is 8.86. The molecular weight excluding hydrogens is 383 g/mol. The van der Waals surface area contributed by atoms with Crippen molar-refractivity contribution in [3.8, 4) is 5.75 Å². The van der Waals surface area contributed by atoms with E-state index in [2.05, 4.69) is 5.32 Å². The summed E-state index contributed by atoms with van der Waals surface area (Å²) in [6.45, 7) is 3.41. The Kier molecular flexibility index (Phi) is 5.34. The van der Waals surface area contributed by atoms with E-state index in [-0.39, 0.29) is 11.7 Å². The number of halogens is 1. The zero-order chi connectivity index (χ0) is 20.5. The number of ether oxygens (including phenoxy) is 1. The Morgan fingerprint density at radius 3 is 2.64 bits per heavy atom. The lowest BCUT2D eigenvalue weighted by Crippen LogP contribution is -2.45. The van der Waals surface area contributed by atoms with Crippen LogP contribution in [0.25, 0.3) is 0 Å². The van der Waals surface area contributed by atoms with Crippen LogP contribution in [0, 0.1) is 5.82 Å². The SMILES string of the molecule is CC1(C)CC(NC(=O)CN(c2cccc(F)c2)S(C)(=O)=O)c2ccccc2O1. The summed E-state index contributed by atoms with van der Waals surface area (Å²) in [7, 11) is -3.77. The van der Waals surface area contributed by atoms with E-state index in [9.17, 15) is 17.6 Å². The summed E-state index contributed by atoms with van der Waals surface area (Å²) in [5.74, 6) is -0.368. The predicted octanol–water partition coefficient (Wildman–Crippen LogP) is 3.01. The van der Waals surface area contributed by atoms with Crippen LogP contribution in [0.2, 0.25) is 0 Å². The lowest BCUT2D eigenvalue weighted by Gasteiger charge is -2.38. The number of carbonyl (C=O) groups is 1. The molecule has 1 N–H and O–H groups in total. The van der Waals surface area contributed by atoms with Crippen molar-refractivity contribution < 1.29 is 22.3 Å². The molecule has 0 spiro atoms. The maximum atomic E-state index is 13.5. The number of carbonyl (C=O) groups excluding carboxylic acids is 1. The maximum Gasteiger partial charge on any atom is 0.241 e. The second-order valence-corrected chi connectivity index (χ2v) is 9.38. The van der Waals surface area contributed by atoms with Gasteiger partial charge in [0, 0.05) is 12.0 Å². The van der Waals surface area contributed by atoms with Gasteiger partial charge in [-0.2, -0.15) is 0 Å². The monoisotopic (exact) mass is 406 g/mol. The van der Waals surface area contributed by atoms with E-state index in [1.165, 1.54) is 18.2 Å². The third-order valence-corrected chi connectivity index (χ3v) is 5.64. The average molecular weight is 406 g/mol. The summed E-state index contributed by atoms with van der Waals surface area (Å²) in [5.41, 5.74) is 0.461. The van der Waals surface area contributed by atoms with Gasteiger partial charge in [-0.1, -0.05) is 24.3 Å². The van der Waals surface area contributed by atoms with E-state index in [0.717, 1.165) is 22.2 Å². The van der Waals surface area contributed by atoms with E-state index in [1.54, 1.807) is 0 Å². The number of para-hydroxylation sites is 1. The van der Waals surface area contributed by atoms with Crippen LogP contribution in [0.1, 0.15) is 31.9 Å². The van der Waals surface area contributed by atoms with Crippen molar-refractivity contribution in [2.45, 2.75) is 31.9 Å². The van der Waals surface area contributed by atoms with Crippen LogP contribution in [0.4, 0.5) is 10.1 Å². The molecule has 1 aliphatic heterocycles. The molecule has 0 saturated carbocycles. The molecule has 1 unspecified atom stereocenters. The van der Waals surface area contributed by atoms with Gasteiger partial charge in [0.05, 0.1) is 18.0 Å². The molecular formula is C20H23FN2O4S. The number of amides is 1. The quantitative estimate of drug-likeness (QED) is 0.828. The number of hydrogen-bond donors (Lipinski definition) is 1. The molecule has 6 nitrogen and oxygen atoms in total. The summed E-state index contributed by atoms with van der Waals surface area (Å²) in [6.07, 6.45) is 1.52. The Morgan fingerprint density at radius 2 is 1.96 bits per heavy atom. The first-order chi connectivity index (χ1) is 13.0. The van der Waals surface area contributed by atoms with Crippen LogP contribution in [0.15, 0.2) is 48.5 Å². The maximum absolute atomic E-state index is 13.5. The Bertz CT molecular complexity index is 991. The Hall–Kier alpha value is -2.61. The second kappa shape index (κ2) is 7.43. The summed E-state index contributed by atoms with van der Waals surface area (Å²) in [6, 6.07) is 12.3. The van der Waals surface area contributed by atoms with Gasteiger partial charge in [-0.15, -0.1) is 0 Å². The van der Waals surface area contributed by atoms with Crippen LogP contribution in [-0.4, -0.2) is 32.7 Å². The van der Waals surface area contributed by atoms with Gasteiger partial charge in [-0.3, -0.25) is 9.10 Å². The number of rotatable bonds is 5. The summed E-state index contributed by atoms with van der Waals surface area (Å²) in [4.78, 5) is 12.7. The fourth-order valence-electron chi connectivity index (χ4n) is 3.33. The Balaban J connectivity index is 1.82. The number of nitrogens with one attached hydrogen (secondary N) is 1. The van der Waals surface area contributed by atoms with Crippen molar-refractivity contribution in [3.05, 3.63) is 59.9 Å². The molecule has 1 atom stereocenters. The van der Waals surface area contributed by atoms with Crippen molar-refractivity contribution in [3.63, 3.8) is 0 Å². The zero-order valence-electron chi connectivity index (χ0n) is 16.0. The summed E-state index contributed by atoms with van der Waals surface area (Å²) >= 11 is 0. The smallest absolute Gasteiger partial charge is 0.241 e. The Labute approximate surface area is 164 Å². The zero-order valence-corrected chi connectivity index (χ0v) is 16.8. The van der Waals surface area contributed by atoms with Gasteiger partial charge in [-0.05, 0) is 38.1 Å². The fraction of sp³-hybridized carbons (Fsp3) is 0.350. The number of fused-ring (bicyclic) bond motifs is 1. The molecule has 1 aliphatic rings. The van der Waals surface area contributed by atoms with Crippen LogP contribution in [0.5, 0.6) is 5.75 Å². The number of anilines is 1. The minimum absolute atomic E-state index is 0.102. The number of benzene rings is 2. The molecule has 0 aromatic heterocycles. The second-order valence-electron chi connectivity index (χ2n) is 7.47. The highest BCUT2D eigenvalue weighted by molar-refractivity contribution is 7.92. The molecule has 0 fully saturated rings. The van der Waals surface area contributed by atoms with Gasteiger partial charge in [0.2, 0.25) is 15.9 Å².